The van der Waals surface area contributed by atoms with Crippen LogP contribution in [-0.4, -0.2) is 9.78 Å². The fraction of sp³-hybridized carbons (Fsp3) is 0.250. The lowest BCUT2D eigenvalue weighted by Gasteiger charge is -2.12. The van der Waals surface area contributed by atoms with Crippen LogP contribution < -0.4 is 5.73 Å². The first-order chi connectivity index (χ1) is 8.30. The van der Waals surface area contributed by atoms with Crippen molar-refractivity contribution in [2.75, 3.05) is 5.73 Å². The molecule has 0 aliphatic carbocycles. The van der Waals surface area contributed by atoms with Crippen molar-refractivity contribution < 1.29 is 13.2 Å². The second-order valence-electron chi connectivity index (χ2n) is 4.10. The first kappa shape index (κ1) is 12.5. The summed E-state index contributed by atoms with van der Waals surface area (Å²) >= 11 is 0. The van der Waals surface area contributed by atoms with Crippen LogP contribution in [0.4, 0.5) is 18.9 Å². The van der Waals surface area contributed by atoms with E-state index in [1.54, 1.807) is 13.1 Å². The van der Waals surface area contributed by atoms with E-state index in [2.05, 4.69) is 5.10 Å². The number of rotatable bonds is 1. The van der Waals surface area contributed by atoms with Crippen LogP contribution in [0.1, 0.15) is 11.1 Å². The molecule has 2 N–H and O–H groups in total. The van der Waals surface area contributed by atoms with E-state index in [4.69, 9.17) is 5.73 Å². The van der Waals surface area contributed by atoms with Crippen LogP contribution in [0, 0.1) is 6.92 Å². The number of alkyl halides is 3. The molecular weight excluding hydrogens is 243 g/mol. The number of benzene rings is 1. The lowest BCUT2D eigenvalue weighted by atomic mass is 10.0. The topological polar surface area (TPSA) is 43.8 Å². The average molecular weight is 255 g/mol. The van der Waals surface area contributed by atoms with Crippen LogP contribution in [0.5, 0.6) is 0 Å². The summed E-state index contributed by atoms with van der Waals surface area (Å²) in [5.41, 5.74) is 6.49. The van der Waals surface area contributed by atoms with Gasteiger partial charge in [-0.15, -0.1) is 0 Å². The normalized spacial score (nSPS) is 11.8. The van der Waals surface area contributed by atoms with E-state index in [1.165, 1.54) is 23.9 Å². The zero-order chi connectivity index (χ0) is 13.5. The van der Waals surface area contributed by atoms with Gasteiger partial charge in [-0.1, -0.05) is 12.1 Å². The molecule has 2 aromatic rings. The Morgan fingerprint density at radius 2 is 1.94 bits per heavy atom. The molecule has 0 aliphatic heterocycles. The maximum atomic E-state index is 12.8. The fourth-order valence-corrected chi connectivity index (χ4v) is 1.88. The van der Waals surface area contributed by atoms with Crippen LogP contribution in [-0.2, 0) is 13.2 Å². The Kier molecular flexibility index (Phi) is 2.80. The Hall–Kier alpha value is -1.98. The molecule has 1 aromatic carbocycles. The number of hydrogen-bond donors (Lipinski definition) is 1. The fourth-order valence-electron chi connectivity index (χ4n) is 1.88. The van der Waals surface area contributed by atoms with Gasteiger partial charge in [0.15, 0.2) is 0 Å². The minimum Gasteiger partial charge on any atom is -0.396 e. The molecule has 0 saturated heterocycles. The van der Waals surface area contributed by atoms with Crippen molar-refractivity contribution in [3.05, 3.63) is 35.5 Å². The summed E-state index contributed by atoms with van der Waals surface area (Å²) in [4.78, 5) is 0. The van der Waals surface area contributed by atoms with Crippen LogP contribution >= 0.6 is 0 Å². The molecule has 0 atom stereocenters. The quantitative estimate of drug-likeness (QED) is 0.851. The molecule has 0 spiro atoms. The van der Waals surface area contributed by atoms with Crippen LogP contribution in [0.3, 0.4) is 0 Å². The minimum atomic E-state index is -4.37. The minimum absolute atomic E-state index is 0.187. The van der Waals surface area contributed by atoms with Gasteiger partial charge in [-0.3, -0.25) is 4.68 Å². The molecule has 0 radical (unpaired) electrons. The molecule has 0 fully saturated rings. The van der Waals surface area contributed by atoms with E-state index in [0.29, 0.717) is 16.9 Å². The molecule has 1 aromatic heterocycles. The van der Waals surface area contributed by atoms with Crippen molar-refractivity contribution in [3.8, 4) is 11.3 Å². The van der Waals surface area contributed by atoms with Crippen molar-refractivity contribution in [3.63, 3.8) is 0 Å². The van der Waals surface area contributed by atoms with Crippen molar-refractivity contribution >= 4 is 5.69 Å². The van der Waals surface area contributed by atoms with E-state index in [1.807, 2.05) is 0 Å². The molecule has 3 nitrogen and oxygen atoms in total. The Labute approximate surface area is 102 Å². The second-order valence-corrected chi connectivity index (χ2v) is 4.10. The van der Waals surface area contributed by atoms with Gasteiger partial charge in [-0.05, 0) is 18.6 Å². The molecule has 1 heterocycles. The smallest absolute Gasteiger partial charge is 0.396 e. The summed E-state index contributed by atoms with van der Waals surface area (Å²) < 4.78 is 39.9. The van der Waals surface area contributed by atoms with Gasteiger partial charge in [-0.25, -0.2) is 0 Å². The summed E-state index contributed by atoms with van der Waals surface area (Å²) in [6.45, 7) is 1.43. The Balaban J connectivity index is 2.62. The van der Waals surface area contributed by atoms with Gasteiger partial charge in [0, 0.05) is 12.6 Å². The molecule has 18 heavy (non-hydrogen) atoms. The van der Waals surface area contributed by atoms with Crippen molar-refractivity contribution in [2.24, 2.45) is 7.05 Å². The number of halogens is 3. The maximum absolute atomic E-state index is 12.8. The predicted molar refractivity (Wildman–Crippen MR) is 62.8 cm³/mol. The largest absolute Gasteiger partial charge is 0.416 e. The van der Waals surface area contributed by atoms with Gasteiger partial charge < -0.3 is 5.73 Å². The van der Waals surface area contributed by atoms with E-state index in [9.17, 15) is 13.2 Å². The zero-order valence-corrected chi connectivity index (χ0v) is 9.92. The summed E-state index contributed by atoms with van der Waals surface area (Å²) in [7, 11) is 1.64. The van der Waals surface area contributed by atoms with Crippen LogP contribution in [0.25, 0.3) is 11.3 Å². The van der Waals surface area contributed by atoms with Gasteiger partial charge in [-0.2, -0.15) is 18.3 Å². The maximum Gasteiger partial charge on any atom is 0.416 e. The third-order valence-corrected chi connectivity index (χ3v) is 2.78. The average Bonchev–Trinajstić information content (AvgIpc) is 2.58. The second kappa shape index (κ2) is 4.04. The molecule has 96 valence electrons. The number of nitrogen functional groups attached to an aromatic ring is 1. The summed E-state index contributed by atoms with van der Waals surface area (Å²) in [6, 6.07) is 4.14. The van der Waals surface area contributed by atoms with Gasteiger partial charge in [0.1, 0.15) is 0 Å². The van der Waals surface area contributed by atoms with E-state index in [0.717, 1.165) is 6.07 Å². The highest BCUT2D eigenvalue weighted by Crippen LogP contribution is 2.35. The molecule has 0 amide bonds. The van der Waals surface area contributed by atoms with Crippen molar-refractivity contribution in [2.45, 2.75) is 13.1 Å². The number of hydrogen-bond acceptors (Lipinski definition) is 2. The molecule has 0 saturated carbocycles. The van der Waals surface area contributed by atoms with Crippen LogP contribution in [0.2, 0.25) is 0 Å². The van der Waals surface area contributed by atoms with Gasteiger partial charge in [0.05, 0.1) is 23.1 Å². The standard InChI is InChI=1S/C12H12F3N3/c1-7-3-4-8(5-9(7)12(13,14)15)11-10(16)6-17-18(11)2/h3-6H,16H2,1-2H3. The summed E-state index contributed by atoms with van der Waals surface area (Å²) in [5.74, 6) is 0. The van der Waals surface area contributed by atoms with Gasteiger partial charge >= 0.3 is 6.18 Å². The first-order valence-corrected chi connectivity index (χ1v) is 5.26. The number of nitrogens with two attached hydrogens (primary N) is 1. The Morgan fingerprint density at radius 3 is 2.44 bits per heavy atom. The highest BCUT2D eigenvalue weighted by atomic mass is 19.4. The van der Waals surface area contributed by atoms with Gasteiger partial charge in [0.2, 0.25) is 0 Å². The Bertz CT molecular complexity index is 565. The Morgan fingerprint density at radius 1 is 1.28 bits per heavy atom. The lowest BCUT2D eigenvalue weighted by molar-refractivity contribution is -0.138. The van der Waals surface area contributed by atoms with Gasteiger partial charge in [0.25, 0.3) is 0 Å². The lowest BCUT2D eigenvalue weighted by Crippen LogP contribution is -2.08. The highest BCUT2D eigenvalue weighted by Gasteiger charge is 2.32. The molecule has 0 aliphatic rings. The molecule has 2 rings (SSSR count). The third kappa shape index (κ3) is 2.05. The summed E-state index contributed by atoms with van der Waals surface area (Å²) in [5, 5.41) is 3.92. The van der Waals surface area contributed by atoms with E-state index < -0.39 is 11.7 Å². The zero-order valence-electron chi connectivity index (χ0n) is 9.92. The predicted octanol–water partition coefficient (Wildman–Crippen LogP) is 3.00. The van der Waals surface area contributed by atoms with Crippen LogP contribution in [0.15, 0.2) is 24.4 Å². The molecule has 6 heteroatoms. The van der Waals surface area contributed by atoms with Crippen molar-refractivity contribution in [1.29, 1.82) is 0 Å². The van der Waals surface area contributed by atoms with E-state index >= 15 is 0 Å². The van der Waals surface area contributed by atoms with Crippen molar-refractivity contribution in [1.82, 2.24) is 9.78 Å². The number of anilines is 1. The highest BCUT2D eigenvalue weighted by molar-refractivity contribution is 5.73. The molecule has 0 unspecified atom stereocenters. The molecule has 0 bridgehead atoms. The first-order valence-electron chi connectivity index (χ1n) is 5.26. The SMILES string of the molecule is Cc1ccc(-c2c(N)cnn2C)cc1C(F)(F)F. The number of aromatic nitrogens is 2. The molecular formula is C12H12F3N3. The number of nitrogens with zero attached hydrogens (tertiary/aromatic N) is 2. The third-order valence-electron chi connectivity index (χ3n) is 2.78. The van der Waals surface area contributed by atoms with E-state index in [-0.39, 0.29) is 5.56 Å². The summed E-state index contributed by atoms with van der Waals surface area (Å²) in [6.07, 6.45) is -2.95. The number of aryl methyl sites for hydroxylation is 2. The monoisotopic (exact) mass is 255 g/mol.